The highest BCUT2D eigenvalue weighted by atomic mass is 16.5. The molecule has 146 valence electrons. The van der Waals surface area contributed by atoms with Gasteiger partial charge in [0.25, 0.3) is 0 Å². The molecule has 0 aromatic heterocycles. The number of rotatable bonds is 8. The smallest absolute Gasteiger partial charge is 0.132 e. The quantitative estimate of drug-likeness (QED) is 0.313. The van der Waals surface area contributed by atoms with Crippen molar-refractivity contribution in [3.05, 3.63) is 53.1 Å². The summed E-state index contributed by atoms with van der Waals surface area (Å²) in [5.41, 5.74) is 3.16. The van der Waals surface area contributed by atoms with Crippen LogP contribution in [-0.4, -0.2) is 31.7 Å². The summed E-state index contributed by atoms with van der Waals surface area (Å²) in [6, 6.07) is 11.7. The van der Waals surface area contributed by atoms with E-state index >= 15 is 0 Å². The second kappa shape index (κ2) is 9.31. The van der Waals surface area contributed by atoms with E-state index in [-0.39, 0.29) is 5.41 Å². The number of benzene rings is 2. The lowest BCUT2D eigenvalue weighted by atomic mass is 9.85. The van der Waals surface area contributed by atoms with Gasteiger partial charge in [0.2, 0.25) is 0 Å². The molecule has 0 fully saturated rings. The first-order valence-corrected chi connectivity index (χ1v) is 9.13. The summed E-state index contributed by atoms with van der Waals surface area (Å²) in [6.45, 7) is 9.46. The van der Waals surface area contributed by atoms with E-state index in [1.807, 2.05) is 6.07 Å². The van der Waals surface area contributed by atoms with Crippen molar-refractivity contribution in [3.63, 3.8) is 0 Å². The van der Waals surface area contributed by atoms with Gasteiger partial charge in [0.1, 0.15) is 30.5 Å². The van der Waals surface area contributed by atoms with E-state index in [1.165, 1.54) is 17.3 Å². The molecule has 5 nitrogen and oxygen atoms in total. The zero-order chi connectivity index (χ0) is 19.9. The highest BCUT2D eigenvalue weighted by Gasteiger charge is 2.19. The highest BCUT2D eigenvalue weighted by molar-refractivity contribution is 5.83. The minimum Gasteiger partial charge on any atom is -0.497 e. The largest absolute Gasteiger partial charge is 0.497 e. The third-order valence-electron chi connectivity index (χ3n) is 4.28. The van der Waals surface area contributed by atoms with Crippen LogP contribution < -0.4 is 14.2 Å². The fraction of sp³-hybridized carbons (Fsp3) is 0.409. The number of nitrogens with zero attached hydrogens (tertiary/aromatic N) is 1. The fourth-order valence-electron chi connectivity index (χ4n) is 2.75. The molecule has 0 aliphatic heterocycles. The predicted octanol–water partition coefficient (Wildman–Crippen LogP) is 4.82. The van der Waals surface area contributed by atoms with Crippen LogP contribution in [0.2, 0.25) is 0 Å². The fourth-order valence-corrected chi connectivity index (χ4v) is 2.75. The molecule has 0 heterocycles. The number of ether oxygens (including phenoxy) is 3. The van der Waals surface area contributed by atoms with Gasteiger partial charge < -0.3 is 19.4 Å². The molecule has 5 heteroatoms. The molecule has 0 aliphatic rings. The van der Waals surface area contributed by atoms with Gasteiger partial charge in [-0.05, 0) is 41.2 Å². The standard InChI is InChI=1S/C22H29NO4/c1-6-16-7-10-20(19(13-16)22(2,3)4)26-11-12-27-21-14-18(25-5)9-8-17(21)15-23-24/h7-10,13-15,24H,6,11-12H2,1-5H3. The lowest BCUT2D eigenvalue weighted by Gasteiger charge is -2.24. The van der Waals surface area contributed by atoms with E-state index < -0.39 is 0 Å². The van der Waals surface area contributed by atoms with E-state index in [0.717, 1.165) is 12.2 Å². The molecular formula is C22H29NO4. The Morgan fingerprint density at radius 2 is 1.70 bits per heavy atom. The van der Waals surface area contributed by atoms with E-state index in [4.69, 9.17) is 19.4 Å². The van der Waals surface area contributed by atoms with Crippen LogP contribution in [0.4, 0.5) is 0 Å². The van der Waals surface area contributed by atoms with Crippen molar-refractivity contribution in [1.29, 1.82) is 0 Å². The van der Waals surface area contributed by atoms with Crippen molar-refractivity contribution >= 4 is 6.21 Å². The van der Waals surface area contributed by atoms with Crippen LogP contribution in [-0.2, 0) is 11.8 Å². The van der Waals surface area contributed by atoms with Gasteiger partial charge in [-0.2, -0.15) is 0 Å². The normalized spacial score (nSPS) is 11.6. The summed E-state index contributed by atoms with van der Waals surface area (Å²) < 4.78 is 17.0. The Hall–Kier alpha value is -2.69. The van der Waals surface area contributed by atoms with Crippen molar-refractivity contribution in [2.75, 3.05) is 20.3 Å². The lowest BCUT2D eigenvalue weighted by Crippen LogP contribution is -2.16. The Labute approximate surface area is 161 Å². The van der Waals surface area contributed by atoms with E-state index in [9.17, 15) is 0 Å². The van der Waals surface area contributed by atoms with Crippen molar-refractivity contribution < 1.29 is 19.4 Å². The first-order chi connectivity index (χ1) is 12.9. The van der Waals surface area contributed by atoms with Crippen LogP contribution in [0.25, 0.3) is 0 Å². The number of oxime groups is 1. The summed E-state index contributed by atoms with van der Waals surface area (Å²) in [6.07, 6.45) is 2.33. The Kier molecular flexibility index (Phi) is 7.11. The van der Waals surface area contributed by atoms with Crippen LogP contribution in [0.15, 0.2) is 41.6 Å². The Bertz CT molecular complexity index is 778. The second-order valence-electron chi connectivity index (χ2n) is 7.28. The van der Waals surface area contributed by atoms with E-state index in [2.05, 4.69) is 45.0 Å². The third-order valence-corrected chi connectivity index (χ3v) is 4.28. The van der Waals surface area contributed by atoms with Gasteiger partial charge in [-0.25, -0.2) is 0 Å². The van der Waals surface area contributed by atoms with Crippen molar-refractivity contribution in [2.45, 2.75) is 39.5 Å². The van der Waals surface area contributed by atoms with Crippen LogP contribution >= 0.6 is 0 Å². The van der Waals surface area contributed by atoms with Gasteiger partial charge in [0.05, 0.1) is 13.3 Å². The van der Waals surface area contributed by atoms with Crippen molar-refractivity contribution in [1.82, 2.24) is 0 Å². The summed E-state index contributed by atoms with van der Waals surface area (Å²) >= 11 is 0. The third kappa shape index (κ3) is 5.64. The average molecular weight is 371 g/mol. The molecule has 0 amide bonds. The Morgan fingerprint density at radius 1 is 1.00 bits per heavy atom. The molecule has 0 saturated heterocycles. The Balaban J connectivity index is 2.05. The summed E-state index contributed by atoms with van der Waals surface area (Å²) in [5.74, 6) is 2.13. The summed E-state index contributed by atoms with van der Waals surface area (Å²) in [4.78, 5) is 0. The molecule has 0 bridgehead atoms. The molecule has 0 unspecified atom stereocenters. The number of aryl methyl sites for hydroxylation is 1. The molecule has 0 atom stereocenters. The molecule has 2 aromatic carbocycles. The summed E-state index contributed by atoms with van der Waals surface area (Å²) in [5, 5.41) is 11.9. The van der Waals surface area contributed by atoms with Gasteiger partial charge in [0.15, 0.2) is 0 Å². The van der Waals surface area contributed by atoms with Crippen LogP contribution in [0.5, 0.6) is 17.2 Å². The van der Waals surface area contributed by atoms with E-state index in [0.29, 0.717) is 30.3 Å². The molecule has 27 heavy (non-hydrogen) atoms. The first kappa shape index (κ1) is 20.6. The number of hydrogen-bond acceptors (Lipinski definition) is 5. The highest BCUT2D eigenvalue weighted by Crippen LogP contribution is 2.32. The van der Waals surface area contributed by atoms with Gasteiger partial charge >= 0.3 is 0 Å². The van der Waals surface area contributed by atoms with Crippen molar-refractivity contribution in [3.8, 4) is 17.2 Å². The summed E-state index contributed by atoms with van der Waals surface area (Å²) in [7, 11) is 1.59. The van der Waals surface area contributed by atoms with Crippen LogP contribution in [0, 0.1) is 0 Å². The maximum atomic E-state index is 8.80. The first-order valence-electron chi connectivity index (χ1n) is 9.13. The van der Waals surface area contributed by atoms with Crippen molar-refractivity contribution in [2.24, 2.45) is 5.16 Å². The monoisotopic (exact) mass is 371 g/mol. The molecule has 2 aromatic rings. The maximum Gasteiger partial charge on any atom is 0.132 e. The maximum absolute atomic E-state index is 8.80. The van der Waals surface area contributed by atoms with Gasteiger partial charge in [-0.1, -0.05) is 45.0 Å². The lowest BCUT2D eigenvalue weighted by molar-refractivity contribution is 0.213. The molecule has 0 radical (unpaired) electrons. The molecule has 0 saturated carbocycles. The minimum atomic E-state index is -0.00107. The molecule has 0 spiro atoms. The van der Waals surface area contributed by atoms with E-state index in [1.54, 1.807) is 25.3 Å². The molecule has 0 aliphatic carbocycles. The van der Waals surface area contributed by atoms with Gasteiger partial charge in [-0.15, -0.1) is 0 Å². The van der Waals surface area contributed by atoms with Gasteiger partial charge in [0, 0.05) is 11.6 Å². The van der Waals surface area contributed by atoms with Crippen LogP contribution in [0.1, 0.15) is 44.4 Å². The van der Waals surface area contributed by atoms with Crippen LogP contribution in [0.3, 0.4) is 0 Å². The SMILES string of the molecule is CCc1ccc(OCCOc2cc(OC)ccc2C=NO)c(C(C)(C)C)c1. The molecule has 2 rings (SSSR count). The minimum absolute atomic E-state index is 0.00107. The average Bonchev–Trinajstić information content (AvgIpc) is 2.65. The molecule has 1 N–H and O–H groups in total. The zero-order valence-electron chi connectivity index (χ0n) is 16.8. The second-order valence-corrected chi connectivity index (χ2v) is 7.28. The molecular weight excluding hydrogens is 342 g/mol. The predicted molar refractivity (Wildman–Crippen MR) is 108 cm³/mol. The Morgan fingerprint density at radius 3 is 2.30 bits per heavy atom. The van der Waals surface area contributed by atoms with Gasteiger partial charge in [-0.3, -0.25) is 0 Å². The topological polar surface area (TPSA) is 60.3 Å². The zero-order valence-corrected chi connectivity index (χ0v) is 16.8. The number of hydrogen-bond donors (Lipinski definition) is 1. The number of methoxy groups -OCH3 is 1.